The van der Waals surface area contributed by atoms with Gasteiger partial charge in [-0.3, -0.25) is 0 Å². The standard InChI is InChI=1S/C10H10O4/c1-13-8-3-2-6(4-11)9-7(8)5-14-10(9)12/h2-3,11H,4-5H2,1H3. The van der Waals surface area contributed by atoms with E-state index >= 15 is 0 Å². The smallest absolute Gasteiger partial charge is 0.339 e. The third kappa shape index (κ3) is 1.15. The fourth-order valence-corrected chi connectivity index (χ4v) is 1.61. The summed E-state index contributed by atoms with van der Waals surface area (Å²) in [7, 11) is 1.54. The highest BCUT2D eigenvalue weighted by atomic mass is 16.5. The van der Waals surface area contributed by atoms with Crippen LogP contribution in [0, 0.1) is 0 Å². The van der Waals surface area contributed by atoms with Crippen LogP contribution in [-0.4, -0.2) is 18.2 Å². The van der Waals surface area contributed by atoms with Gasteiger partial charge in [-0.05, 0) is 11.6 Å². The van der Waals surface area contributed by atoms with Gasteiger partial charge in [0.25, 0.3) is 0 Å². The number of carbonyl (C=O) groups is 1. The van der Waals surface area contributed by atoms with Crippen LogP contribution in [0.3, 0.4) is 0 Å². The molecule has 4 nitrogen and oxygen atoms in total. The molecule has 1 heterocycles. The van der Waals surface area contributed by atoms with Crippen molar-refractivity contribution in [2.24, 2.45) is 0 Å². The number of methoxy groups -OCH3 is 1. The zero-order chi connectivity index (χ0) is 10.1. The Balaban J connectivity index is 2.62. The van der Waals surface area contributed by atoms with Crippen LogP contribution in [0.15, 0.2) is 12.1 Å². The summed E-state index contributed by atoms with van der Waals surface area (Å²) in [6.45, 7) is 0.0621. The Morgan fingerprint density at radius 2 is 2.36 bits per heavy atom. The van der Waals surface area contributed by atoms with E-state index in [1.807, 2.05) is 0 Å². The molecule has 0 radical (unpaired) electrons. The molecule has 2 rings (SSSR count). The van der Waals surface area contributed by atoms with Crippen LogP contribution in [0.2, 0.25) is 0 Å². The van der Waals surface area contributed by atoms with Crippen LogP contribution in [0.5, 0.6) is 5.75 Å². The van der Waals surface area contributed by atoms with Crippen LogP contribution in [0.4, 0.5) is 0 Å². The minimum atomic E-state index is -0.386. The second kappa shape index (κ2) is 3.31. The molecule has 0 fully saturated rings. The summed E-state index contributed by atoms with van der Waals surface area (Å²) in [5, 5.41) is 9.03. The molecule has 14 heavy (non-hydrogen) atoms. The second-order valence-corrected chi connectivity index (χ2v) is 3.01. The lowest BCUT2D eigenvalue weighted by molar-refractivity contribution is 0.0532. The number of carbonyl (C=O) groups excluding carboxylic acids is 1. The van der Waals surface area contributed by atoms with E-state index < -0.39 is 0 Å². The number of benzene rings is 1. The Labute approximate surface area is 81.1 Å². The first-order valence-electron chi connectivity index (χ1n) is 4.24. The molecule has 1 N–H and O–H groups in total. The van der Waals surface area contributed by atoms with Crippen molar-refractivity contribution >= 4 is 5.97 Å². The van der Waals surface area contributed by atoms with E-state index in [1.54, 1.807) is 12.1 Å². The maximum Gasteiger partial charge on any atom is 0.339 e. The number of hydrogen-bond donors (Lipinski definition) is 1. The van der Waals surface area contributed by atoms with Crippen molar-refractivity contribution in [3.8, 4) is 5.75 Å². The van der Waals surface area contributed by atoms with Crippen LogP contribution < -0.4 is 4.74 Å². The molecule has 74 valence electrons. The van der Waals surface area contributed by atoms with E-state index in [0.29, 0.717) is 16.9 Å². The van der Waals surface area contributed by atoms with Gasteiger partial charge in [0.05, 0.1) is 19.3 Å². The number of cyclic esters (lactones) is 1. The summed E-state index contributed by atoms with van der Waals surface area (Å²) >= 11 is 0. The molecule has 1 aliphatic heterocycles. The summed E-state index contributed by atoms with van der Waals surface area (Å²) in [5.74, 6) is 0.242. The Bertz CT molecular complexity index is 384. The number of esters is 1. The highest BCUT2D eigenvalue weighted by Gasteiger charge is 2.27. The molecule has 0 amide bonds. The number of hydrogen-bond acceptors (Lipinski definition) is 4. The highest BCUT2D eigenvalue weighted by Crippen LogP contribution is 2.31. The molecule has 1 aliphatic rings. The van der Waals surface area contributed by atoms with Crippen LogP contribution in [0.1, 0.15) is 21.5 Å². The minimum Gasteiger partial charge on any atom is -0.496 e. The molecule has 4 heteroatoms. The summed E-state index contributed by atoms with van der Waals surface area (Å²) in [6.07, 6.45) is 0. The Hall–Kier alpha value is -1.55. The zero-order valence-electron chi connectivity index (χ0n) is 7.74. The van der Waals surface area contributed by atoms with Gasteiger partial charge in [-0.1, -0.05) is 6.07 Å². The molecular formula is C10H10O4. The third-order valence-electron chi connectivity index (χ3n) is 2.30. The monoisotopic (exact) mass is 194 g/mol. The van der Waals surface area contributed by atoms with Crippen molar-refractivity contribution in [3.05, 3.63) is 28.8 Å². The van der Waals surface area contributed by atoms with E-state index in [9.17, 15) is 4.79 Å². The summed E-state index contributed by atoms with van der Waals surface area (Å²) in [5.41, 5.74) is 1.76. The predicted molar refractivity (Wildman–Crippen MR) is 48.0 cm³/mol. The van der Waals surface area contributed by atoms with Crippen molar-refractivity contribution < 1.29 is 19.4 Å². The Morgan fingerprint density at radius 3 is 3.00 bits per heavy atom. The first-order chi connectivity index (χ1) is 6.77. The fraction of sp³-hybridized carbons (Fsp3) is 0.300. The van der Waals surface area contributed by atoms with E-state index in [-0.39, 0.29) is 19.2 Å². The first-order valence-corrected chi connectivity index (χ1v) is 4.24. The number of ether oxygens (including phenoxy) is 2. The molecular weight excluding hydrogens is 184 g/mol. The van der Waals surface area contributed by atoms with Gasteiger partial charge in [0.2, 0.25) is 0 Å². The van der Waals surface area contributed by atoms with Gasteiger partial charge in [0.15, 0.2) is 0 Å². The van der Waals surface area contributed by atoms with Crippen molar-refractivity contribution in [2.75, 3.05) is 7.11 Å². The Kier molecular flexibility index (Phi) is 2.13. The first kappa shape index (κ1) is 9.02. The maximum atomic E-state index is 11.3. The SMILES string of the molecule is COc1ccc(CO)c2c1COC2=O. The van der Waals surface area contributed by atoms with Gasteiger partial charge in [-0.15, -0.1) is 0 Å². The summed E-state index contributed by atoms with van der Waals surface area (Å²) in [6, 6.07) is 3.40. The number of aliphatic hydroxyl groups excluding tert-OH is 1. The van der Waals surface area contributed by atoms with Crippen LogP contribution in [0.25, 0.3) is 0 Å². The molecule has 0 aromatic heterocycles. The number of aliphatic hydroxyl groups is 1. The summed E-state index contributed by atoms with van der Waals surface area (Å²) in [4.78, 5) is 11.3. The molecule has 0 spiro atoms. The average molecular weight is 194 g/mol. The molecule has 1 aromatic carbocycles. The van der Waals surface area contributed by atoms with Gasteiger partial charge in [-0.2, -0.15) is 0 Å². The fourth-order valence-electron chi connectivity index (χ4n) is 1.61. The lowest BCUT2D eigenvalue weighted by Gasteiger charge is -2.06. The molecule has 0 bridgehead atoms. The largest absolute Gasteiger partial charge is 0.496 e. The normalized spacial score (nSPS) is 13.7. The van der Waals surface area contributed by atoms with Crippen molar-refractivity contribution in [2.45, 2.75) is 13.2 Å². The van der Waals surface area contributed by atoms with E-state index in [4.69, 9.17) is 14.6 Å². The third-order valence-corrected chi connectivity index (χ3v) is 2.30. The quantitative estimate of drug-likeness (QED) is 0.709. The van der Waals surface area contributed by atoms with Crippen LogP contribution in [-0.2, 0) is 18.0 Å². The lowest BCUT2D eigenvalue weighted by atomic mass is 10.0. The molecule has 0 atom stereocenters. The van der Waals surface area contributed by atoms with Crippen molar-refractivity contribution in [3.63, 3.8) is 0 Å². The van der Waals surface area contributed by atoms with E-state index in [1.165, 1.54) is 7.11 Å². The van der Waals surface area contributed by atoms with Gasteiger partial charge < -0.3 is 14.6 Å². The molecule has 0 saturated heterocycles. The van der Waals surface area contributed by atoms with Gasteiger partial charge >= 0.3 is 5.97 Å². The second-order valence-electron chi connectivity index (χ2n) is 3.01. The minimum absolute atomic E-state index is 0.165. The predicted octanol–water partition coefficient (Wildman–Crippen LogP) is 0.858. The highest BCUT2D eigenvalue weighted by molar-refractivity contribution is 5.95. The summed E-state index contributed by atoms with van der Waals surface area (Å²) < 4.78 is 9.97. The number of rotatable bonds is 2. The topological polar surface area (TPSA) is 55.8 Å². The lowest BCUT2D eigenvalue weighted by Crippen LogP contribution is -2.01. The van der Waals surface area contributed by atoms with E-state index in [2.05, 4.69) is 0 Å². The van der Waals surface area contributed by atoms with Gasteiger partial charge in [0.1, 0.15) is 12.4 Å². The van der Waals surface area contributed by atoms with Gasteiger partial charge in [0, 0.05) is 5.56 Å². The maximum absolute atomic E-state index is 11.3. The molecule has 1 aromatic rings. The number of fused-ring (bicyclic) bond motifs is 1. The molecule has 0 aliphatic carbocycles. The van der Waals surface area contributed by atoms with Crippen molar-refractivity contribution in [1.29, 1.82) is 0 Å². The van der Waals surface area contributed by atoms with Gasteiger partial charge in [-0.25, -0.2) is 4.79 Å². The average Bonchev–Trinajstić information content (AvgIpc) is 2.60. The van der Waals surface area contributed by atoms with Crippen molar-refractivity contribution in [1.82, 2.24) is 0 Å². The Morgan fingerprint density at radius 1 is 1.57 bits per heavy atom. The molecule has 0 saturated carbocycles. The van der Waals surface area contributed by atoms with E-state index in [0.717, 1.165) is 5.56 Å². The molecule has 0 unspecified atom stereocenters. The zero-order valence-corrected chi connectivity index (χ0v) is 7.74. The van der Waals surface area contributed by atoms with Crippen LogP contribution >= 0.6 is 0 Å².